The van der Waals surface area contributed by atoms with Crippen molar-refractivity contribution in [1.82, 2.24) is 4.98 Å². The highest BCUT2D eigenvalue weighted by Gasteiger charge is 2.15. The monoisotopic (exact) mass is 354 g/mol. The minimum absolute atomic E-state index is 0.267. The Morgan fingerprint density at radius 1 is 1.26 bits per heavy atom. The number of aromatic nitrogens is 1. The molecule has 2 aromatic rings. The lowest BCUT2D eigenvalue weighted by Crippen LogP contribution is -2.05. The summed E-state index contributed by atoms with van der Waals surface area (Å²) in [7, 11) is -1.79. The Bertz CT molecular complexity index is 635. The first-order valence-corrected chi connectivity index (χ1v) is 6.75. The molecule has 0 radical (unpaired) electrons. The summed E-state index contributed by atoms with van der Waals surface area (Å²) in [5, 5.41) is 0. The van der Waals surface area contributed by atoms with Gasteiger partial charge in [0.2, 0.25) is 0 Å². The summed E-state index contributed by atoms with van der Waals surface area (Å²) in [4.78, 5) is 6.47. The predicted molar refractivity (Wildman–Crippen MR) is 66.6 cm³/mol. The highest BCUT2D eigenvalue weighted by Crippen LogP contribution is 2.29. The Kier molecular flexibility index (Phi) is 4.15. The van der Waals surface area contributed by atoms with E-state index in [9.17, 15) is 17.5 Å². The van der Waals surface area contributed by atoms with E-state index in [4.69, 9.17) is 0 Å². The third-order valence-electron chi connectivity index (χ3n) is 2.14. The predicted octanol–water partition coefficient (Wildman–Crippen LogP) is 3.45. The molecule has 2 rings (SSSR count). The second-order valence-electron chi connectivity index (χ2n) is 3.39. The number of rotatable bonds is 4. The van der Waals surface area contributed by atoms with Crippen LogP contribution in [0.3, 0.4) is 0 Å². The van der Waals surface area contributed by atoms with Crippen LogP contribution in [-0.2, 0) is 11.0 Å². The van der Waals surface area contributed by atoms with Crippen LogP contribution in [0.25, 0.3) is 0 Å². The number of hydrogen-bond donors (Lipinski definition) is 2. The van der Waals surface area contributed by atoms with Crippen LogP contribution in [0.5, 0.6) is 5.75 Å². The van der Waals surface area contributed by atoms with E-state index in [1.807, 2.05) is 0 Å². The van der Waals surface area contributed by atoms with Gasteiger partial charge in [-0.1, -0.05) is 0 Å². The van der Waals surface area contributed by atoms with Crippen LogP contribution in [0.15, 0.2) is 33.9 Å². The zero-order valence-electron chi connectivity index (χ0n) is 9.05. The maximum absolute atomic E-state index is 13.0. The molecule has 2 N–H and O–H groups in total. The highest BCUT2D eigenvalue weighted by molar-refractivity contribution is 9.10. The molecule has 19 heavy (non-hydrogen) atoms. The van der Waals surface area contributed by atoms with Crippen LogP contribution in [0.1, 0.15) is 0 Å². The average Bonchev–Trinajstić information content (AvgIpc) is 2.80. The van der Waals surface area contributed by atoms with Gasteiger partial charge in [-0.15, -0.1) is 0 Å². The maximum Gasteiger partial charge on any atom is 0.198 e. The lowest BCUT2D eigenvalue weighted by Gasteiger charge is -2.08. The van der Waals surface area contributed by atoms with Gasteiger partial charge in [0.1, 0.15) is 0 Å². The summed E-state index contributed by atoms with van der Waals surface area (Å²) in [6.45, 7) is 0. The molecular formula is C10H6BrF3N2O2S. The fourth-order valence-electron chi connectivity index (χ4n) is 1.29. The molecule has 0 aliphatic carbocycles. The lowest BCUT2D eigenvalue weighted by molar-refractivity contribution is -0.00566. The number of benzene rings is 1. The topological polar surface area (TPSA) is 54.1 Å². The zero-order chi connectivity index (χ0) is 14.0. The molecule has 1 heterocycles. The van der Waals surface area contributed by atoms with E-state index in [1.54, 1.807) is 0 Å². The first-order valence-electron chi connectivity index (χ1n) is 4.81. The van der Waals surface area contributed by atoms with Crippen LogP contribution < -0.4 is 9.66 Å². The molecule has 0 spiro atoms. The molecule has 0 bridgehead atoms. The number of hydrogen-bond acceptors (Lipinski definition) is 2. The summed E-state index contributed by atoms with van der Waals surface area (Å²) in [5.41, 5.74) is -0.267. The normalized spacial score (nSPS) is 12.2. The molecule has 102 valence electrons. The Morgan fingerprint density at radius 2 is 1.95 bits per heavy atom. The van der Waals surface area contributed by atoms with Crippen molar-refractivity contribution in [3.8, 4) is 5.75 Å². The van der Waals surface area contributed by atoms with Crippen molar-refractivity contribution >= 4 is 32.6 Å². The van der Waals surface area contributed by atoms with Gasteiger partial charge >= 0.3 is 0 Å². The number of halogens is 4. The number of H-pyrrole nitrogens is 1. The summed E-state index contributed by atoms with van der Waals surface area (Å²) >= 11 is 3.12. The third kappa shape index (κ3) is 3.10. The van der Waals surface area contributed by atoms with Gasteiger partial charge in [-0.2, -0.15) is 0 Å². The van der Waals surface area contributed by atoms with Crippen molar-refractivity contribution in [1.29, 1.82) is 0 Å². The van der Waals surface area contributed by atoms with Crippen LogP contribution in [0, 0.1) is 11.6 Å². The van der Waals surface area contributed by atoms with Crippen molar-refractivity contribution in [2.75, 3.05) is 4.72 Å². The van der Waals surface area contributed by atoms with E-state index in [-0.39, 0.29) is 5.69 Å². The van der Waals surface area contributed by atoms with Crippen molar-refractivity contribution < 1.29 is 22.5 Å². The van der Waals surface area contributed by atoms with E-state index < -0.39 is 28.4 Å². The standard InChI is InChI=1S/C10H6BrF3N2O2S/c11-10-1-5(4-15-10)19(17)16-8-2-6(12)7(13)3-9(8)18-14/h1-4,15-16H. The second-order valence-corrected chi connectivity index (χ2v) is 5.46. The lowest BCUT2D eigenvalue weighted by atomic mass is 10.3. The second kappa shape index (κ2) is 5.66. The van der Waals surface area contributed by atoms with E-state index in [1.165, 1.54) is 12.3 Å². The SMILES string of the molecule is O=S(Nc1cc(F)c(F)cc1OF)c1c[nH]c(Br)c1. The Hall–Kier alpha value is -1.48. The van der Waals surface area contributed by atoms with Crippen LogP contribution in [0.2, 0.25) is 0 Å². The van der Waals surface area contributed by atoms with Gasteiger partial charge < -0.3 is 4.98 Å². The largest absolute Gasteiger partial charge is 0.355 e. The number of anilines is 1. The van der Waals surface area contributed by atoms with Gasteiger partial charge in [0.15, 0.2) is 28.4 Å². The minimum atomic E-state index is -1.79. The van der Waals surface area contributed by atoms with E-state index in [2.05, 4.69) is 30.6 Å². The van der Waals surface area contributed by atoms with Crippen molar-refractivity contribution in [3.63, 3.8) is 0 Å². The molecule has 9 heteroatoms. The van der Waals surface area contributed by atoms with Gasteiger partial charge in [0.25, 0.3) is 0 Å². The van der Waals surface area contributed by atoms with Gasteiger partial charge in [-0.05, 0) is 22.0 Å². The van der Waals surface area contributed by atoms with Gasteiger partial charge in [-0.25, -0.2) is 13.0 Å². The molecule has 0 aliphatic rings. The molecule has 0 aliphatic heterocycles. The molecule has 0 saturated heterocycles. The molecule has 1 atom stereocenters. The van der Waals surface area contributed by atoms with Crippen molar-refractivity contribution in [2.45, 2.75) is 4.90 Å². The van der Waals surface area contributed by atoms with E-state index >= 15 is 0 Å². The summed E-state index contributed by atoms with van der Waals surface area (Å²) in [6.07, 6.45) is 1.43. The van der Waals surface area contributed by atoms with Crippen molar-refractivity contribution in [2.24, 2.45) is 0 Å². The molecule has 1 unspecified atom stereocenters. The molecule has 1 aromatic carbocycles. The summed E-state index contributed by atoms with van der Waals surface area (Å²) < 4.78 is 52.9. The molecule has 0 saturated carbocycles. The van der Waals surface area contributed by atoms with Crippen LogP contribution in [0.4, 0.5) is 19.0 Å². The minimum Gasteiger partial charge on any atom is -0.355 e. The number of nitrogens with one attached hydrogen (secondary N) is 2. The molecule has 4 nitrogen and oxygen atoms in total. The molecule has 0 fully saturated rings. The average molecular weight is 355 g/mol. The fourth-order valence-corrected chi connectivity index (χ4v) is 2.67. The molecule has 0 amide bonds. The van der Waals surface area contributed by atoms with E-state index in [0.29, 0.717) is 21.6 Å². The van der Waals surface area contributed by atoms with E-state index in [0.717, 1.165) is 0 Å². The van der Waals surface area contributed by atoms with Gasteiger partial charge in [-0.3, -0.25) is 9.66 Å². The number of aromatic amines is 1. The van der Waals surface area contributed by atoms with Crippen LogP contribution in [-0.4, -0.2) is 9.19 Å². The van der Waals surface area contributed by atoms with Gasteiger partial charge in [0.05, 0.1) is 15.2 Å². The summed E-state index contributed by atoms with van der Waals surface area (Å²) in [5.74, 6) is -3.08. The van der Waals surface area contributed by atoms with Gasteiger partial charge in [0, 0.05) is 22.9 Å². The maximum atomic E-state index is 13.0. The first-order chi connectivity index (χ1) is 9.01. The zero-order valence-corrected chi connectivity index (χ0v) is 11.4. The fraction of sp³-hybridized carbons (Fsp3) is 0. The van der Waals surface area contributed by atoms with Crippen molar-refractivity contribution in [3.05, 3.63) is 40.6 Å². The first kappa shape index (κ1) is 13.9. The third-order valence-corrected chi connectivity index (χ3v) is 3.67. The smallest absolute Gasteiger partial charge is 0.198 e. The Morgan fingerprint density at radius 3 is 2.53 bits per heavy atom. The Balaban J connectivity index is 2.28. The quantitative estimate of drug-likeness (QED) is 0.883. The molecule has 1 aromatic heterocycles. The summed E-state index contributed by atoms with van der Waals surface area (Å²) in [6, 6.07) is 2.69. The van der Waals surface area contributed by atoms with Crippen LogP contribution >= 0.6 is 15.9 Å². The molecular weight excluding hydrogens is 349 g/mol. The highest BCUT2D eigenvalue weighted by atomic mass is 79.9. The Labute approximate surface area is 116 Å².